The molecule has 0 aliphatic carbocycles. The van der Waals surface area contributed by atoms with Crippen LogP contribution in [0.4, 0.5) is 0 Å². The smallest absolute Gasteiger partial charge is 0.0992 e. The molecule has 4 heteroatoms. The average molecular weight is 733 g/mol. The highest BCUT2D eigenvalue weighted by molar-refractivity contribution is 6.45. The Kier molecular flexibility index (Phi) is 6.91. The van der Waals surface area contributed by atoms with Gasteiger partial charge in [0.05, 0.1) is 46.5 Å². The summed E-state index contributed by atoms with van der Waals surface area (Å²) < 4.78 is 0. The Hall–Kier alpha value is -8.28. The summed E-state index contributed by atoms with van der Waals surface area (Å²) in [6.45, 7) is 4.32. The summed E-state index contributed by atoms with van der Waals surface area (Å²) >= 11 is 0. The van der Waals surface area contributed by atoms with Crippen molar-refractivity contribution < 1.29 is 0 Å². The molecule has 0 amide bonds. The highest BCUT2D eigenvalue weighted by Crippen LogP contribution is 2.55. The zero-order valence-corrected chi connectivity index (χ0v) is 31.5. The van der Waals surface area contributed by atoms with Crippen molar-refractivity contribution in [3.63, 3.8) is 0 Å². The van der Waals surface area contributed by atoms with Gasteiger partial charge >= 0.3 is 0 Å². The molecule has 0 aromatic heterocycles. The SMILES string of the molecule is Cc1cccc(C)c1-c1ccc2c3c(-c4cc(C#N)cc(C#N)c4)c4cc5c6ccccc6c6cccc(c4c(-c4cc(C#N)cc(C#N)c4)c3c3cccc1c23)c65. The fourth-order valence-electron chi connectivity index (χ4n) is 10.1. The Morgan fingerprint density at radius 2 is 0.759 bits per heavy atom. The largest absolute Gasteiger partial charge is 0.192 e. The first-order valence-electron chi connectivity index (χ1n) is 19.2. The van der Waals surface area contributed by atoms with E-state index in [0.29, 0.717) is 22.3 Å². The molecule has 0 bridgehead atoms. The molecule has 0 spiro atoms. The van der Waals surface area contributed by atoms with Crippen LogP contribution in [0.2, 0.25) is 0 Å². The van der Waals surface area contributed by atoms with E-state index in [1.807, 2.05) is 24.3 Å². The second kappa shape index (κ2) is 12.1. The molecule has 11 aromatic carbocycles. The molecule has 0 aliphatic rings. The van der Waals surface area contributed by atoms with E-state index in [9.17, 15) is 21.0 Å². The first kappa shape index (κ1) is 33.1. The van der Waals surface area contributed by atoms with E-state index >= 15 is 0 Å². The first-order valence-corrected chi connectivity index (χ1v) is 19.2. The van der Waals surface area contributed by atoms with Gasteiger partial charge in [-0.15, -0.1) is 0 Å². The Balaban J connectivity index is 1.49. The van der Waals surface area contributed by atoms with Crippen molar-refractivity contribution in [2.24, 2.45) is 0 Å². The van der Waals surface area contributed by atoms with Crippen molar-refractivity contribution in [3.8, 4) is 57.7 Å². The van der Waals surface area contributed by atoms with Gasteiger partial charge in [0.1, 0.15) is 0 Å². The van der Waals surface area contributed by atoms with Crippen LogP contribution < -0.4 is 0 Å². The third-order valence-electron chi connectivity index (χ3n) is 12.2. The molecule has 0 atom stereocenters. The molecule has 0 fully saturated rings. The molecular weight excluding hydrogens is 705 g/mol. The van der Waals surface area contributed by atoms with Gasteiger partial charge in [0, 0.05) is 0 Å². The molecule has 0 aliphatic heterocycles. The second-order valence-electron chi connectivity index (χ2n) is 15.3. The second-order valence-corrected chi connectivity index (χ2v) is 15.3. The molecule has 0 unspecified atom stereocenters. The number of aryl methyl sites for hydroxylation is 2. The predicted octanol–water partition coefficient (Wildman–Crippen LogP) is 13.7. The summed E-state index contributed by atoms with van der Waals surface area (Å²) in [4.78, 5) is 0. The molecule has 11 aromatic rings. The van der Waals surface area contributed by atoms with Gasteiger partial charge in [-0.05, 0) is 176 Å². The molecule has 0 N–H and O–H groups in total. The minimum atomic E-state index is 0.407. The Morgan fingerprint density at radius 1 is 0.310 bits per heavy atom. The maximum atomic E-state index is 10.3. The van der Waals surface area contributed by atoms with Gasteiger partial charge in [-0.3, -0.25) is 0 Å². The normalized spacial score (nSPS) is 11.6. The zero-order valence-electron chi connectivity index (χ0n) is 31.5. The van der Waals surface area contributed by atoms with Crippen LogP contribution in [0.25, 0.3) is 109 Å². The quantitative estimate of drug-likeness (QED) is 0.169. The van der Waals surface area contributed by atoms with Crippen LogP contribution >= 0.6 is 0 Å². The average Bonchev–Trinajstić information content (AvgIpc) is 3.77. The van der Waals surface area contributed by atoms with Crippen molar-refractivity contribution >= 4 is 75.4 Å². The fraction of sp³-hybridized carbons (Fsp3) is 0.0370. The Morgan fingerprint density at radius 3 is 1.36 bits per heavy atom. The zero-order chi connectivity index (χ0) is 39.4. The van der Waals surface area contributed by atoms with Crippen molar-refractivity contribution in [2.45, 2.75) is 13.8 Å². The van der Waals surface area contributed by atoms with Gasteiger partial charge in [0.2, 0.25) is 0 Å². The van der Waals surface area contributed by atoms with Crippen LogP contribution in [0.15, 0.2) is 133 Å². The standard InChI is InChI=1S/C54H28N4/c1-29-8-5-9-30(2)47(29)41-16-17-44-50-40(41)13-7-15-43(50)54-49(36-22-33(27-57)19-34(23-36)28-58)52-42-14-6-12-39-37-10-3-4-11-38(37)45(51(39)42)24-46(52)48(53(44)54)35-20-31(25-55)18-32(21-35)26-56/h3-24H,1-2H3. The van der Waals surface area contributed by atoms with Crippen LogP contribution in [0, 0.1) is 59.2 Å². The summed E-state index contributed by atoms with van der Waals surface area (Å²) in [5.41, 5.74) is 9.81. The van der Waals surface area contributed by atoms with Crippen LogP contribution in [0.3, 0.4) is 0 Å². The van der Waals surface area contributed by atoms with Crippen molar-refractivity contribution in [3.05, 3.63) is 167 Å². The van der Waals surface area contributed by atoms with Crippen molar-refractivity contribution in [1.29, 1.82) is 21.0 Å². The minimum absolute atomic E-state index is 0.407. The van der Waals surface area contributed by atoms with E-state index in [2.05, 4.69) is 135 Å². The summed E-state index contributed by atoms with van der Waals surface area (Å²) in [5.74, 6) is 0. The van der Waals surface area contributed by atoms with Gasteiger partial charge in [-0.1, -0.05) is 91.0 Å². The monoisotopic (exact) mass is 732 g/mol. The maximum Gasteiger partial charge on any atom is 0.0992 e. The highest BCUT2D eigenvalue weighted by Gasteiger charge is 2.28. The van der Waals surface area contributed by atoms with Crippen LogP contribution in [0.5, 0.6) is 0 Å². The summed E-state index contributed by atoms with van der Waals surface area (Å²) in [5, 5.41) is 56.3. The molecule has 264 valence electrons. The molecule has 58 heavy (non-hydrogen) atoms. The van der Waals surface area contributed by atoms with Gasteiger partial charge in [0.25, 0.3) is 0 Å². The molecule has 0 radical (unpaired) electrons. The van der Waals surface area contributed by atoms with Crippen LogP contribution in [0.1, 0.15) is 33.4 Å². The summed E-state index contributed by atoms with van der Waals surface area (Å²) in [6.07, 6.45) is 0. The van der Waals surface area contributed by atoms with E-state index in [1.54, 1.807) is 12.1 Å². The lowest BCUT2D eigenvalue weighted by molar-refractivity contribution is 1.39. The van der Waals surface area contributed by atoms with Crippen molar-refractivity contribution in [2.75, 3.05) is 0 Å². The number of benzene rings is 9. The third kappa shape index (κ3) is 4.41. The molecular formula is C54H28N4. The van der Waals surface area contributed by atoms with Gasteiger partial charge in [0.15, 0.2) is 0 Å². The molecule has 0 saturated carbocycles. The van der Waals surface area contributed by atoms with E-state index < -0.39 is 0 Å². The maximum absolute atomic E-state index is 10.3. The van der Waals surface area contributed by atoms with Gasteiger partial charge < -0.3 is 0 Å². The first-order chi connectivity index (χ1) is 28.4. The molecule has 0 heterocycles. The minimum Gasteiger partial charge on any atom is -0.192 e. The summed E-state index contributed by atoms with van der Waals surface area (Å²) in [7, 11) is 0. The number of rotatable bonds is 3. The van der Waals surface area contributed by atoms with Crippen LogP contribution in [-0.4, -0.2) is 0 Å². The van der Waals surface area contributed by atoms with E-state index in [-0.39, 0.29) is 0 Å². The lowest BCUT2D eigenvalue weighted by atomic mass is 9.83. The predicted molar refractivity (Wildman–Crippen MR) is 236 cm³/mol. The number of nitriles is 4. The highest BCUT2D eigenvalue weighted by atomic mass is 14.3. The lowest BCUT2D eigenvalue weighted by Crippen LogP contribution is -1.93. The molecule has 11 rings (SSSR count). The van der Waals surface area contributed by atoms with E-state index in [4.69, 9.17) is 0 Å². The molecule has 4 nitrogen and oxygen atoms in total. The Labute approximate surface area is 333 Å². The number of hydrogen-bond acceptors (Lipinski definition) is 4. The Bertz CT molecular complexity index is 3720. The number of nitrogens with zero attached hydrogens (tertiary/aromatic N) is 4. The van der Waals surface area contributed by atoms with Gasteiger partial charge in [-0.25, -0.2) is 0 Å². The lowest BCUT2D eigenvalue weighted by Gasteiger charge is -2.19. The summed E-state index contributed by atoms with van der Waals surface area (Å²) in [6, 6.07) is 54.9. The third-order valence-corrected chi connectivity index (χ3v) is 12.2. The van der Waals surface area contributed by atoms with Gasteiger partial charge in [-0.2, -0.15) is 21.0 Å². The van der Waals surface area contributed by atoms with E-state index in [0.717, 1.165) is 97.8 Å². The molecule has 0 saturated heterocycles. The topological polar surface area (TPSA) is 95.2 Å². The number of hydrogen-bond donors (Lipinski definition) is 0. The number of fused-ring (bicyclic) bond motifs is 8. The van der Waals surface area contributed by atoms with Crippen LogP contribution in [-0.2, 0) is 0 Å². The van der Waals surface area contributed by atoms with Crippen molar-refractivity contribution in [1.82, 2.24) is 0 Å². The van der Waals surface area contributed by atoms with E-state index in [1.165, 1.54) is 22.1 Å². The fourth-order valence-corrected chi connectivity index (χ4v) is 10.1.